The second-order valence-corrected chi connectivity index (χ2v) is 6.74. The highest BCUT2D eigenvalue weighted by atomic mass is 16.4. The molecule has 0 unspecified atom stereocenters. The zero-order valence-electron chi connectivity index (χ0n) is 15.9. The Morgan fingerprint density at radius 3 is 2.59 bits per heavy atom. The predicted molar refractivity (Wildman–Crippen MR) is 109 cm³/mol. The molecule has 2 aromatic heterocycles. The summed E-state index contributed by atoms with van der Waals surface area (Å²) < 4.78 is 5.86. The van der Waals surface area contributed by atoms with E-state index in [1.54, 1.807) is 48.7 Å². The highest BCUT2D eigenvalue weighted by Crippen LogP contribution is 2.30. The Balaban J connectivity index is 1.57. The van der Waals surface area contributed by atoms with Gasteiger partial charge in [0.1, 0.15) is 11.6 Å². The van der Waals surface area contributed by atoms with Crippen molar-refractivity contribution in [2.24, 2.45) is 5.10 Å². The molecule has 0 aliphatic heterocycles. The van der Waals surface area contributed by atoms with E-state index >= 15 is 0 Å². The van der Waals surface area contributed by atoms with Crippen LogP contribution in [0.5, 0.6) is 0 Å². The Morgan fingerprint density at radius 1 is 1.03 bits per heavy atom. The topological polar surface area (TPSA) is 96.6 Å². The number of anilines is 1. The summed E-state index contributed by atoms with van der Waals surface area (Å²) in [5, 5.41) is 7.07. The standard InChI is InChI=1S/C22H20N4O3/c1-14-19-16(25-26-21(27)15-8-3-2-4-9-15)10-7-11-17(19)29-20(14)22(28)24-18-12-5-6-13-23-18/h2-6,8-9,12-13H,7,10-11H2,1H3,(H,26,27)(H,23,24,28)/b25-16+. The number of hydrogen-bond acceptors (Lipinski definition) is 5. The number of carbonyl (C=O) groups is 2. The van der Waals surface area contributed by atoms with Gasteiger partial charge in [0.05, 0.1) is 5.71 Å². The van der Waals surface area contributed by atoms with Crippen molar-refractivity contribution < 1.29 is 14.0 Å². The number of furan rings is 1. The fourth-order valence-electron chi connectivity index (χ4n) is 3.38. The molecule has 3 aromatic rings. The van der Waals surface area contributed by atoms with Gasteiger partial charge in [-0.2, -0.15) is 5.10 Å². The van der Waals surface area contributed by atoms with E-state index in [9.17, 15) is 9.59 Å². The van der Waals surface area contributed by atoms with Crippen LogP contribution in [-0.2, 0) is 6.42 Å². The van der Waals surface area contributed by atoms with E-state index < -0.39 is 0 Å². The minimum Gasteiger partial charge on any atom is -0.455 e. The molecule has 1 aliphatic carbocycles. The lowest BCUT2D eigenvalue weighted by Gasteiger charge is -2.13. The summed E-state index contributed by atoms with van der Waals surface area (Å²) in [6.45, 7) is 1.83. The molecule has 4 rings (SSSR count). The molecule has 7 heteroatoms. The normalized spacial score (nSPS) is 14.3. The average molecular weight is 388 g/mol. The minimum atomic E-state index is -0.358. The van der Waals surface area contributed by atoms with Crippen molar-refractivity contribution in [1.29, 1.82) is 0 Å². The molecule has 2 N–H and O–H groups in total. The molecule has 1 aliphatic rings. The molecule has 2 amide bonds. The molecule has 0 spiro atoms. The van der Waals surface area contributed by atoms with Gasteiger partial charge in [-0.05, 0) is 44.0 Å². The number of nitrogens with zero attached hydrogens (tertiary/aromatic N) is 2. The number of rotatable bonds is 4. The molecule has 0 radical (unpaired) electrons. The second-order valence-electron chi connectivity index (χ2n) is 6.74. The smallest absolute Gasteiger partial charge is 0.292 e. The Morgan fingerprint density at radius 2 is 1.83 bits per heavy atom. The number of hydrazone groups is 1. The molecule has 0 bridgehead atoms. The molecule has 29 heavy (non-hydrogen) atoms. The highest BCUT2D eigenvalue weighted by Gasteiger charge is 2.28. The minimum absolute atomic E-state index is 0.240. The lowest BCUT2D eigenvalue weighted by atomic mass is 9.93. The lowest BCUT2D eigenvalue weighted by molar-refractivity contribution is 0.0953. The molecule has 1 aromatic carbocycles. The Hall–Kier alpha value is -3.74. The fourth-order valence-corrected chi connectivity index (χ4v) is 3.38. The van der Waals surface area contributed by atoms with Crippen LogP contribution in [0.4, 0.5) is 5.82 Å². The highest BCUT2D eigenvalue weighted by molar-refractivity contribution is 6.09. The van der Waals surface area contributed by atoms with Gasteiger partial charge < -0.3 is 9.73 Å². The monoisotopic (exact) mass is 388 g/mol. The summed E-state index contributed by atoms with van der Waals surface area (Å²) in [6, 6.07) is 14.2. The number of fused-ring (bicyclic) bond motifs is 1. The SMILES string of the molecule is Cc1c(C(=O)Nc2ccccn2)oc2c1/C(=N/NC(=O)c1ccccc1)CCC2. The van der Waals surface area contributed by atoms with Gasteiger partial charge in [-0.3, -0.25) is 9.59 Å². The van der Waals surface area contributed by atoms with E-state index in [0.717, 1.165) is 18.4 Å². The van der Waals surface area contributed by atoms with Gasteiger partial charge in [-0.25, -0.2) is 10.4 Å². The first-order valence-corrected chi connectivity index (χ1v) is 9.40. The number of hydrogen-bond donors (Lipinski definition) is 2. The summed E-state index contributed by atoms with van der Waals surface area (Å²) in [5.74, 6) is 0.773. The van der Waals surface area contributed by atoms with Crippen LogP contribution >= 0.6 is 0 Å². The van der Waals surface area contributed by atoms with Crippen molar-refractivity contribution in [2.75, 3.05) is 5.32 Å². The van der Waals surface area contributed by atoms with Crippen LogP contribution in [0.2, 0.25) is 0 Å². The molecule has 0 fully saturated rings. The third-order valence-corrected chi connectivity index (χ3v) is 4.77. The summed E-state index contributed by atoms with van der Waals surface area (Å²) in [4.78, 5) is 29.0. The van der Waals surface area contributed by atoms with E-state index in [0.29, 0.717) is 34.8 Å². The van der Waals surface area contributed by atoms with E-state index in [1.807, 2.05) is 13.0 Å². The molecule has 146 valence electrons. The van der Waals surface area contributed by atoms with Gasteiger partial charge in [0.2, 0.25) is 0 Å². The van der Waals surface area contributed by atoms with Crippen molar-refractivity contribution >= 4 is 23.3 Å². The number of pyridine rings is 1. The van der Waals surface area contributed by atoms with Crippen molar-refractivity contribution in [3.63, 3.8) is 0 Å². The Bertz CT molecular complexity index is 1070. The van der Waals surface area contributed by atoms with Gasteiger partial charge in [0.25, 0.3) is 11.8 Å². The van der Waals surface area contributed by atoms with E-state index in [-0.39, 0.29) is 17.6 Å². The number of nitrogens with one attached hydrogen (secondary N) is 2. The van der Waals surface area contributed by atoms with Crippen LogP contribution in [0.25, 0.3) is 0 Å². The summed E-state index contributed by atoms with van der Waals surface area (Å²) >= 11 is 0. The Kier molecular flexibility index (Phi) is 5.20. The van der Waals surface area contributed by atoms with Crippen LogP contribution < -0.4 is 10.7 Å². The van der Waals surface area contributed by atoms with Crippen molar-refractivity contribution in [3.05, 3.63) is 82.9 Å². The van der Waals surface area contributed by atoms with E-state index in [4.69, 9.17) is 4.42 Å². The molecular weight excluding hydrogens is 368 g/mol. The predicted octanol–water partition coefficient (Wildman–Crippen LogP) is 3.71. The van der Waals surface area contributed by atoms with Gasteiger partial charge in [0.15, 0.2) is 5.76 Å². The van der Waals surface area contributed by atoms with Gasteiger partial charge >= 0.3 is 0 Å². The van der Waals surface area contributed by atoms with Crippen molar-refractivity contribution in [2.45, 2.75) is 26.2 Å². The van der Waals surface area contributed by atoms with Crippen LogP contribution in [0.3, 0.4) is 0 Å². The first-order chi connectivity index (χ1) is 14.1. The number of benzene rings is 1. The van der Waals surface area contributed by atoms with Gasteiger partial charge in [-0.15, -0.1) is 0 Å². The molecule has 2 heterocycles. The maximum Gasteiger partial charge on any atom is 0.292 e. The van der Waals surface area contributed by atoms with Crippen molar-refractivity contribution in [1.82, 2.24) is 10.4 Å². The van der Waals surface area contributed by atoms with E-state index in [2.05, 4.69) is 20.8 Å². The third-order valence-electron chi connectivity index (χ3n) is 4.77. The number of aryl methyl sites for hydroxylation is 1. The van der Waals surface area contributed by atoms with Crippen molar-refractivity contribution in [3.8, 4) is 0 Å². The number of carbonyl (C=O) groups excluding carboxylic acids is 2. The zero-order valence-corrected chi connectivity index (χ0v) is 15.9. The summed E-state index contributed by atoms with van der Waals surface area (Å²) in [6.07, 6.45) is 3.86. The summed E-state index contributed by atoms with van der Waals surface area (Å²) in [5.41, 5.74) is 5.37. The summed E-state index contributed by atoms with van der Waals surface area (Å²) in [7, 11) is 0. The van der Waals surface area contributed by atoms with Gasteiger partial charge in [-0.1, -0.05) is 24.3 Å². The lowest BCUT2D eigenvalue weighted by Crippen LogP contribution is -2.22. The number of amides is 2. The average Bonchev–Trinajstić information content (AvgIpc) is 3.10. The van der Waals surface area contributed by atoms with Crippen LogP contribution in [0, 0.1) is 6.92 Å². The van der Waals surface area contributed by atoms with Gasteiger partial charge in [0, 0.05) is 29.3 Å². The number of aromatic nitrogens is 1. The maximum absolute atomic E-state index is 12.7. The third kappa shape index (κ3) is 3.94. The first-order valence-electron chi connectivity index (χ1n) is 9.40. The Labute approximate surface area is 167 Å². The fraction of sp³-hybridized carbons (Fsp3) is 0.182. The molecule has 0 atom stereocenters. The molecule has 0 saturated carbocycles. The molecular formula is C22H20N4O3. The largest absolute Gasteiger partial charge is 0.455 e. The van der Waals surface area contributed by atoms with Crippen LogP contribution in [0.1, 0.15) is 50.6 Å². The van der Waals surface area contributed by atoms with E-state index in [1.165, 1.54) is 0 Å². The molecule has 7 nitrogen and oxygen atoms in total. The van der Waals surface area contributed by atoms with Crippen LogP contribution in [-0.4, -0.2) is 22.5 Å². The maximum atomic E-state index is 12.7. The first kappa shape index (κ1) is 18.6. The zero-order chi connectivity index (χ0) is 20.2. The second kappa shape index (κ2) is 8.10. The quantitative estimate of drug-likeness (QED) is 0.666. The van der Waals surface area contributed by atoms with Crippen LogP contribution in [0.15, 0.2) is 64.2 Å². The molecule has 0 saturated heterocycles.